The van der Waals surface area contributed by atoms with Crippen molar-refractivity contribution in [1.29, 1.82) is 0 Å². The minimum atomic E-state index is -1.56. The number of hydrogen-bond donors (Lipinski definition) is 2. The van der Waals surface area contributed by atoms with E-state index < -0.39 is 7.12 Å². The van der Waals surface area contributed by atoms with Gasteiger partial charge in [-0.25, -0.2) is 0 Å². The standard InChI is InChI=1S/C24H15BO4/c26-25(27)19-5-3-7-23-24(19)18-13-15(9-11-22(18)29-23)14-8-10-21-17(12-14)16-4-1-2-6-20(16)28-21/h1-13,26-27H. The van der Waals surface area contributed by atoms with Gasteiger partial charge in [-0.2, -0.15) is 0 Å². The number of rotatable bonds is 2. The van der Waals surface area contributed by atoms with Crippen LogP contribution in [0.1, 0.15) is 0 Å². The SMILES string of the molecule is OB(O)c1cccc2oc3ccc(-c4ccc5oc6ccccc6c5c4)cc3c12. The average molecular weight is 378 g/mol. The van der Waals surface area contributed by atoms with Gasteiger partial charge in [-0.3, -0.25) is 0 Å². The molecule has 2 aromatic heterocycles. The van der Waals surface area contributed by atoms with E-state index in [1.165, 1.54) is 0 Å². The predicted molar refractivity (Wildman–Crippen MR) is 116 cm³/mol. The lowest BCUT2D eigenvalue weighted by Gasteiger charge is -2.04. The van der Waals surface area contributed by atoms with Crippen molar-refractivity contribution in [1.82, 2.24) is 0 Å². The molecule has 6 rings (SSSR count). The molecule has 6 aromatic rings. The Morgan fingerprint density at radius 3 is 1.97 bits per heavy atom. The molecule has 5 heteroatoms. The van der Waals surface area contributed by atoms with Crippen LogP contribution >= 0.6 is 0 Å². The maximum atomic E-state index is 9.78. The minimum absolute atomic E-state index is 0.440. The van der Waals surface area contributed by atoms with Crippen LogP contribution < -0.4 is 5.46 Å². The third kappa shape index (κ3) is 2.42. The first-order valence-electron chi connectivity index (χ1n) is 9.42. The van der Waals surface area contributed by atoms with Crippen LogP contribution in [0, 0.1) is 0 Å². The lowest BCUT2D eigenvalue weighted by Crippen LogP contribution is -2.30. The second-order valence-corrected chi connectivity index (χ2v) is 7.22. The van der Waals surface area contributed by atoms with Gasteiger partial charge in [0, 0.05) is 21.5 Å². The summed E-state index contributed by atoms with van der Waals surface area (Å²) in [5.74, 6) is 0. The van der Waals surface area contributed by atoms with Gasteiger partial charge in [0.1, 0.15) is 22.3 Å². The zero-order valence-corrected chi connectivity index (χ0v) is 15.3. The van der Waals surface area contributed by atoms with E-state index in [0.29, 0.717) is 16.6 Å². The van der Waals surface area contributed by atoms with E-state index in [4.69, 9.17) is 8.83 Å². The Morgan fingerprint density at radius 2 is 1.17 bits per heavy atom. The van der Waals surface area contributed by atoms with Crippen LogP contribution in [-0.4, -0.2) is 17.2 Å². The first kappa shape index (κ1) is 16.4. The van der Waals surface area contributed by atoms with Crippen molar-refractivity contribution in [3.63, 3.8) is 0 Å². The molecule has 0 aliphatic carbocycles. The molecule has 0 atom stereocenters. The summed E-state index contributed by atoms with van der Waals surface area (Å²) >= 11 is 0. The fourth-order valence-electron chi connectivity index (χ4n) is 4.15. The average Bonchev–Trinajstić information content (AvgIpc) is 3.30. The second-order valence-electron chi connectivity index (χ2n) is 7.22. The van der Waals surface area contributed by atoms with Crippen LogP contribution in [0.25, 0.3) is 55.0 Å². The molecule has 0 saturated carbocycles. The largest absolute Gasteiger partial charge is 0.489 e. The molecule has 4 nitrogen and oxygen atoms in total. The molecule has 2 N–H and O–H groups in total. The van der Waals surface area contributed by atoms with Crippen molar-refractivity contribution in [2.75, 3.05) is 0 Å². The summed E-state index contributed by atoms with van der Waals surface area (Å²) in [6.45, 7) is 0. The highest BCUT2D eigenvalue weighted by atomic mass is 16.4. The van der Waals surface area contributed by atoms with E-state index in [1.807, 2.05) is 54.6 Å². The third-order valence-corrected chi connectivity index (χ3v) is 5.52. The molecule has 0 spiro atoms. The van der Waals surface area contributed by atoms with E-state index in [9.17, 15) is 10.0 Å². The molecule has 4 aromatic carbocycles. The van der Waals surface area contributed by atoms with Crippen molar-refractivity contribution in [2.24, 2.45) is 0 Å². The monoisotopic (exact) mass is 378 g/mol. The number of furan rings is 2. The van der Waals surface area contributed by atoms with Gasteiger partial charge in [0.15, 0.2) is 0 Å². The van der Waals surface area contributed by atoms with Crippen molar-refractivity contribution >= 4 is 56.5 Å². The maximum absolute atomic E-state index is 9.78. The lowest BCUT2D eigenvalue weighted by molar-refractivity contribution is 0.426. The molecule has 0 unspecified atom stereocenters. The Kier molecular flexibility index (Phi) is 3.39. The van der Waals surface area contributed by atoms with Crippen molar-refractivity contribution in [3.8, 4) is 11.1 Å². The topological polar surface area (TPSA) is 66.7 Å². The number of para-hydroxylation sites is 1. The molecule has 0 radical (unpaired) electrons. The summed E-state index contributed by atoms with van der Waals surface area (Å²) in [6, 6.07) is 25.5. The highest BCUT2D eigenvalue weighted by molar-refractivity contribution is 6.62. The lowest BCUT2D eigenvalue weighted by atomic mass is 9.77. The fourth-order valence-corrected chi connectivity index (χ4v) is 4.15. The van der Waals surface area contributed by atoms with Crippen molar-refractivity contribution < 1.29 is 18.9 Å². The quantitative estimate of drug-likeness (QED) is 0.424. The van der Waals surface area contributed by atoms with E-state index in [2.05, 4.69) is 12.1 Å². The van der Waals surface area contributed by atoms with E-state index in [1.54, 1.807) is 12.1 Å². The summed E-state index contributed by atoms with van der Waals surface area (Å²) in [5, 5.41) is 23.3. The smallest absolute Gasteiger partial charge is 0.456 e. The normalized spacial score (nSPS) is 11.8. The number of benzene rings is 4. The third-order valence-electron chi connectivity index (χ3n) is 5.52. The molecule has 138 valence electrons. The van der Waals surface area contributed by atoms with E-state index in [-0.39, 0.29) is 0 Å². The van der Waals surface area contributed by atoms with Gasteiger partial charge in [0.2, 0.25) is 0 Å². The molecule has 0 aliphatic rings. The highest BCUT2D eigenvalue weighted by Crippen LogP contribution is 2.35. The van der Waals surface area contributed by atoms with E-state index >= 15 is 0 Å². The van der Waals surface area contributed by atoms with Crippen LogP contribution in [0.15, 0.2) is 87.7 Å². The zero-order valence-electron chi connectivity index (χ0n) is 15.3. The van der Waals surface area contributed by atoms with Gasteiger partial charge in [0.25, 0.3) is 0 Å². The Hall–Kier alpha value is -3.54. The van der Waals surface area contributed by atoms with Crippen LogP contribution in [-0.2, 0) is 0 Å². The van der Waals surface area contributed by atoms with Gasteiger partial charge in [-0.15, -0.1) is 0 Å². The maximum Gasteiger partial charge on any atom is 0.489 e. The summed E-state index contributed by atoms with van der Waals surface area (Å²) in [7, 11) is -1.56. The molecule has 0 aliphatic heterocycles. The van der Waals surface area contributed by atoms with Crippen molar-refractivity contribution in [2.45, 2.75) is 0 Å². The Bertz CT molecular complexity index is 1540. The summed E-state index contributed by atoms with van der Waals surface area (Å²) in [6.07, 6.45) is 0. The first-order valence-corrected chi connectivity index (χ1v) is 9.42. The van der Waals surface area contributed by atoms with E-state index in [0.717, 1.165) is 43.8 Å². The zero-order chi connectivity index (χ0) is 19.5. The molecule has 2 heterocycles. The molecule has 0 amide bonds. The first-order chi connectivity index (χ1) is 14.2. The fraction of sp³-hybridized carbons (Fsp3) is 0. The van der Waals surface area contributed by atoms with Gasteiger partial charge in [-0.05, 0) is 53.0 Å². The van der Waals surface area contributed by atoms with Crippen LogP contribution in [0.3, 0.4) is 0 Å². The molecule has 29 heavy (non-hydrogen) atoms. The predicted octanol–water partition coefficient (Wildman–Crippen LogP) is 4.83. The molecule has 0 saturated heterocycles. The highest BCUT2D eigenvalue weighted by Gasteiger charge is 2.19. The van der Waals surface area contributed by atoms with Gasteiger partial charge in [0.05, 0.1) is 0 Å². The Morgan fingerprint density at radius 1 is 0.552 bits per heavy atom. The van der Waals surface area contributed by atoms with Gasteiger partial charge >= 0.3 is 7.12 Å². The summed E-state index contributed by atoms with van der Waals surface area (Å²) < 4.78 is 11.8. The number of hydrogen-bond acceptors (Lipinski definition) is 4. The Labute approximate surface area is 165 Å². The molecule has 0 bridgehead atoms. The minimum Gasteiger partial charge on any atom is -0.456 e. The van der Waals surface area contributed by atoms with Crippen molar-refractivity contribution in [3.05, 3.63) is 78.9 Å². The molecular weight excluding hydrogens is 363 g/mol. The number of fused-ring (bicyclic) bond motifs is 6. The van der Waals surface area contributed by atoms with Crippen LogP contribution in [0.5, 0.6) is 0 Å². The van der Waals surface area contributed by atoms with Gasteiger partial charge in [-0.1, -0.05) is 42.5 Å². The van der Waals surface area contributed by atoms with Crippen LogP contribution in [0.2, 0.25) is 0 Å². The molecular formula is C24H15BO4. The summed E-state index contributed by atoms with van der Waals surface area (Å²) in [4.78, 5) is 0. The second kappa shape index (κ2) is 5.98. The van der Waals surface area contributed by atoms with Crippen LogP contribution in [0.4, 0.5) is 0 Å². The van der Waals surface area contributed by atoms with Gasteiger partial charge < -0.3 is 18.9 Å². The Balaban J connectivity index is 1.61. The molecule has 0 fully saturated rings. The summed E-state index contributed by atoms with van der Waals surface area (Å²) in [5.41, 5.74) is 5.60.